The number of pyridine rings is 1. The first kappa shape index (κ1) is 26.1. The first-order valence-electron chi connectivity index (χ1n) is 10.5. The van der Waals surface area contributed by atoms with E-state index in [2.05, 4.69) is 20.3 Å². The summed E-state index contributed by atoms with van der Waals surface area (Å²) in [6.07, 6.45) is 0.593. The zero-order valence-corrected chi connectivity index (χ0v) is 19.2. The Labute approximate surface area is 205 Å². The summed E-state index contributed by atoms with van der Waals surface area (Å²) < 4.78 is 53.7. The molecule has 0 saturated heterocycles. The maximum atomic E-state index is 13.9. The summed E-state index contributed by atoms with van der Waals surface area (Å²) >= 11 is 0. The van der Waals surface area contributed by atoms with Gasteiger partial charge in [-0.1, -0.05) is 30.3 Å². The predicted octanol–water partition coefficient (Wildman–Crippen LogP) is 6.29. The number of nitrogens with two attached hydrogens (primary N) is 1. The van der Waals surface area contributed by atoms with Crippen molar-refractivity contribution in [3.63, 3.8) is 0 Å². The molecule has 0 amide bonds. The fourth-order valence-electron chi connectivity index (χ4n) is 3.54. The zero-order chi connectivity index (χ0) is 24.1. The molecule has 182 valence electrons. The van der Waals surface area contributed by atoms with E-state index in [9.17, 15) is 17.6 Å². The maximum Gasteiger partial charge on any atom is 0.416 e. The van der Waals surface area contributed by atoms with E-state index in [4.69, 9.17) is 5.73 Å². The Hall–Kier alpha value is -3.56. The molecule has 4 aromatic rings. The molecule has 1 atom stereocenters. The van der Waals surface area contributed by atoms with Gasteiger partial charge < -0.3 is 11.1 Å². The summed E-state index contributed by atoms with van der Waals surface area (Å²) in [7, 11) is 0. The quantitative estimate of drug-likeness (QED) is 0.290. The van der Waals surface area contributed by atoms with E-state index in [-0.39, 0.29) is 24.2 Å². The minimum Gasteiger partial charge on any atom is -0.354 e. The van der Waals surface area contributed by atoms with Crippen LogP contribution in [-0.2, 0) is 6.18 Å². The summed E-state index contributed by atoms with van der Waals surface area (Å²) in [6, 6.07) is 14.3. The van der Waals surface area contributed by atoms with Crippen LogP contribution >= 0.6 is 12.4 Å². The van der Waals surface area contributed by atoms with Crippen molar-refractivity contribution in [3.8, 4) is 22.4 Å². The predicted molar refractivity (Wildman–Crippen MR) is 129 cm³/mol. The number of rotatable bonds is 7. The van der Waals surface area contributed by atoms with Gasteiger partial charge in [-0.2, -0.15) is 13.2 Å². The van der Waals surface area contributed by atoms with Gasteiger partial charge in [-0.05, 0) is 42.3 Å². The molecule has 0 spiro atoms. The fraction of sp³-hybridized carbons (Fsp3) is 0.160. The number of aromatic nitrogens is 3. The highest BCUT2D eigenvalue weighted by Gasteiger charge is 2.30. The van der Waals surface area contributed by atoms with Crippen molar-refractivity contribution in [2.45, 2.75) is 18.6 Å². The monoisotopic (exact) mass is 503 g/mol. The Morgan fingerprint density at radius 2 is 1.69 bits per heavy atom. The molecule has 4 rings (SSSR count). The van der Waals surface area contributed by atoms with Crippen molar-refractivity contribution in [2.24, 2.45) is 5.73 Å². The fourth-order valence-corrected chi connectivity index (χ4v) is 3.54. The van der Waals surface area contributed by atoms with Gasteiger partial charge in [0.25, 0.3) is 0 Å². The summed E-state index contributed by atoms with van der Waals surface area (Å²) in [5, 5.41) is 3.07. The number of hydrogen-bond acceptors (Lipinski definition) is 5. The van der Waals surface area contributed by atoms with Crippen LogP contribution in [0.1, 0.15) is 23.6 Å². The zero-order valence-electron chi connectivity index (χ0n) is 18.3. The van der Waals surface area contributed by atoms with Crippen molar-refractivity contribution in [2.75, 3.05) is 11.9 Å². The van der Waals surface area contributed by atoms with E-state index in [1.807, 2.05) is 0 Å². The van der Waals surface area contributed by atoms with Gasteiger partial charge in [0.1, 0.15) is 5.82 Å². The number of halogens is 5. The lowest BCUT2D eigenvalue weighted by molar-refractivity contribution is -0.137. The SMILES string of the molecule is Cl.NC(CCNc1ncc(-c2cccc(C(F)(F)F)c2)c(-c2ccncc2)n1)c1ccccc1F. The molecule has 0 aliphatic rings. The van der Waals surface area contributed by atoms with E-state index in [0.717, 1.165) is 12.1 Å². The largest absolute Gasteiger partial charge is 0.416 e. The van der Waals surface area contributed by atoms with Gasteiger partial charge in [-0.15, -0.1) is 12.4 Å². The molecule has 2 heterocycles. The Kier molecular flexibility index (Phi) is 8.37. The van der Waals surface area contributed by atoms with E-state index in [1.54, 1.807) is 48.8 Å². The number of benzene rings is 2. The van der Waals surface area contributed by atoms with Gasteiger partial charge in [-0.3, -0.25) is 4.98 Å². The molecule has 2 aromatic heterocycles. The minimum absolute atomic E-state index is 0. The molecule has 0 fully saturated rings. The lowest BCUT2D eigenvalue weighted by Gasteiger charge is -2.15. The summed E-state index contributed by atoms with van der Waals surface area (Å²) in [4.78, 5) is 12.8. The molecule has 0 aliphatic carbocycles. The van der Waals surface area contributed by atoms with Crippen molar-refractivity contribution < 1.29 is 17.6 Å². The summed E-state index contributed by atoms with van der Waals surface area (Å²) in [5.74, 6) is -0.0834. The number of nitrogens with zero attached hydrogens (tertiary/aromatic N) is 3. The molecule has 10 heteroatoms. The van der Waals surface area contributed by atoms with E-state index in [0.29, 0.717) is 40.9 Å². The highest BCUT2D eigenvalue weighted by Crippen LogP contribution is 2.35. The van der Waals surface area contributed by atoms with E-state index < -0.39 is 17.8 Å². The molecule has 5 nitrogen and oxygen atoms in total. The molecule has 0 bridgehead atoms. The number of hydrogen-bond donors (Lipinski definition) is 2. The average Bonchev–Trinajstić information content (AvgIpc) is 2.84. The Morgan fingerprint density at radius 3 is 2.40 bits per heavy atom. The van der Waals surface area contributed by atoms with Gasteiger partial charge in [0.05, 0.1) is 11.3 Å². The number of alkyl halides is 3. The topological polar surface area (TPSA) is 76.7 Å². The first-order valence-corrected chi connectivity index (χ1v) is 10.5. The molecule has 0 radical (unpaired) electrons. The molecular weight excluding hydrogens is 482 g/mol. The van der Waals surface area contributed by atoms with Gasteiger partial charge in [-0.25, -0.2) is 14.4 Å². The van der Waals surface area contributed by atoms with Crippen molar-refractivity contribution >= 4 is 18.4 Å². The lowest BCUT2D eigenvalue weighted by Crippen LogP contribution is -2.17. The van der Waals surface area contributed by atoms with Crippen LogP contribution in [-0.4, -0.2) is 21.5 Å². The molecule has 3 N–H and O–H groups in total. The highest BCUT2D eigenvalue weighted by molar-refractivity contribution is 5.85. The third kappa shape index (κ3) is 6.32. The maximum absolute atomic E-state index is 13.9. The normalized spacial score (nSPS) is 12.0. The van der Waals surface area contributed by atoms with E-state index in [1.165, 1.54) is 18.3 Å². The van der Waals surface area contributed by atoms with Crippen LogP contribution in [0.4, 0.5) is 23.5 Å². The average molecular weight is 504 g/mol. The number of nitrogens with one attached hydrogen (secondary N) is 1. The standard InChI is InChI=1S/C25H21F4N5.ClH/c26-21-7-2-1-6-19(21)22(30)10-13-32-24-33-15-20(23(34-24)16-8-11-31-12-9-16)17-4-3-5-18(14-17)25(27,28)29;/h1-9,11-12,14-15,22H,10,13,30H2,(H,32,33,34);1H. The molecule has 2 aromatic carbocycles. The molecule has 0 saturated carbocycles. The third-order valence-corrected chi connectivity index (χ3v) is 5.29. The molecule has 1 unspecified atom stereocenters. The van der Waals surface area contributed by atoms with Crippen LogP contribution < -0.4 is 11.1 Å². The second-order valence-corrected chi connectivity index (χ2v) is 7.61. The van der Waals surface area contributed by atoms with Crippen molar-refractivity contribution in [1.82, 2.24) is 15.0 Å². The summed E-state index contributed by atoms with van der Waals surface area (Å²) in [6.45, 7) is 0.369. The van der Waals surface area contributed by atoms with Crippen LogP contribution in [0.25, 0.3) is 22.4 Å². The van der Waals surface area contributed by atoms with Crippen LogP contribution in [0.15, 0.2) is 79.3 Å². The van der Waals surface area contributed by atoms with Crippen LogP contribution in [0.2, 0.25) is 0 Å². The molecular formula is C25H22ClF4N5. The summed E-state index contributed by atoms with van der Waals surface area (Å²) in [5.41, 5.74) is 7.70. The van der Waals surface area contributed by atoms with Crippen LogP contribution in [0, 0.1) is 5.82 Å². The van der Waals surface area contributed by atoms with Gasteiger partial charge in [0.2, 0.25) is 5.95 Å². The van der Waals surface area contributed by atoms with Crippen LogP contribution in [0.5, 0.6) is 0 Å². The number of anilines is 1. The second kappa shape index (κ2) is 11.2. The minimum atomic E-state index is -4.47. The lowest BCUT2D eigenvalue weighted by atomic mass is 9.99. The van der Waals surface area contributed by atoms with Crippen molar-refractivity contribution in [1.29, 1.82) is 0 Å². The van der Waals surface area contributed by atoms with Crippen molar-refractivity contribution in [3.05, 3.63) is 96.2 Å². The van der Waals surface area contributed by atoms with E-state index >= 15 is 0 Å². The molecule has 0 aliphatic heterocycles. The van der Waals surface area contributed by atoms with Gasteiger partial charge >= 0.3 is 6.18 Å². The van der Waals surface area contributed by atoms with Crippen LogP contribution in [0.3, 0.4) is 0 Å². The Balaban J connectivity index is 0.00000342. The van der Waals surface area contributed by atoms with Gasteiger partial charge in [0.15, 0.2) is 0 Å². The second-order valence-electron chi connectivity index (χ2n) is 7.61. The molecule has 35 heavy (non-hydrogen) atoms. The Morgan fingerprint density at radius 1 is 0.943 bits per heavy atom. The first-order chi connectivity index (χ1) is 16.3. The smallest absolute Gasteiger partial charge is 0.354 e. The Bertz CT molecular complexity index is 1270. The van der Waals surface area contributed by atoms with Gasteiger partial charge in [0, 0.05) is 47.9 Å². The highest BCUT2D eigenvalue weighted by atomic mass is 35.5. The third-order valence-electron chi connectivity index (χ3n) is 5.29.